The van der Waals surface area contributed by atoms with Gasteiger partial charge in [-0.15, -0.1) is 0 Å². The molecule has 2 unspecified atom stereocenters. The molecule has 5 heteroatoms. The number of nitrogens with one attached hydrogen (secondary N) is 1. The molecular weight excluding hydrogens is 268 g/mol. The van der Waals surface area contributed by atoms with Crippen molar-refractivity contribution >= 4 is 23.4 Å². The molecule has 2 atom stereocenters. The van der Waals surface area contributed by atoms with E-state index < -0.39 is 0 Å². The van der Waals surface area contributed by atoms with Gasteiger partial charge in [-0.05, 0) is 38.9 Å². The van der Waals surface area contributed by atoms with Crippen LogP contribution in [0.2, 0.25) is 0 Å². The van der Waals surface area contributed by atoms with Gasteiger partial charge in [0.15, 0.2) is 0 Å². The summed E-state index contributed by atoms with van der Waals surface area (Å²) in [4.78, 5) is 9.20. The fraction of sp³-hybridized carbons (Fsp3) is 0.733. The average molecular weight is 292 g/mol. The van der Waals surface area contributed by atoms with Crippen molar-refractivity contribution in [2.24, 2.45) is 0 Å². The zero-order valence-corrected chi connectivity index (χ0v) is 13.2. The summed E-state index contributed by atoms with van der Waals surface area (Å²) >= 11 is 1.97. The number of nitrogen functional groups attached to an aromatic ring is 1. The summed E-state index contributed by atoms with van der Waals surface area (Å²) in [6.07, 6.45) is 9.81. The van der Waals surface area contributed by atoms with Crippen molar-refractivity contribution in [2.45, 2.75) is 62.7 Å². The lowest BCUT2D eigenvalue weighted by atomic mass is 9.94. The maximum Gasteiger partial charge on any atom is 0.136 e. The number of nitrogens with zero attached hydrogens (tertiary/aromatic N) is 2. The van der Waals surface area contributed by atoms with E-state index >= 15 is 0 Å². The minimum absolute atomic E-state index is 0.513. The fourth-order valence-corrected chi connectivity index (χ4v) is 3.87. The summed E-state index contributed by atoms with van der Waals surface area (Å²) < 4.78 is 0. The van der Waals surface area contributed by atoms with Crippen LogP contribution in [0.3, 0.4) is 0 Å². The molecule has 0 aliphatic heterocycles. The fourth-order valence-electron chi connectivity index (χ4n) is 2.94. The van der Waals surface area contributed by atoms with E-state index in [0.717, 1.165) is 17.2 Å². The molecule has 1 heterocycles. The minimum Gasteiger partial charge on any atom is -0.383 e. The predicted molar refractivity (Wildman–Crippen MR) is 86.3 cm³/mol. The van der Waals surface area contributed by atoms with Crippen molar-refractivity contribution in [3.05, 3.63) is 11.4 Å². The molecule has 0 aromatic carbocycles. The Kier molecular flexibility index (Phi) is 4.06. The van der Waals surface area contributed by atoms with Gasteiger partial charge in [-0.3, -0.25) is 0 Å². The number of thioether (sulfide) groups is 1. The Hall–Kier alpha value is -0.970. The van der Waals surface area contributed by atoms with Gasteiger partial charge in [0.05, 0.1) is 0 Å². The van der Waals surface area contributed by atoms with Gasteiger partial charge in [-0.25, -0.2) is 9.97 Å². The van der Waals surface area contributed by atoms with Crippen LogP contribution in [0.25, 0.3) is 0 Å². The summed E-state index contributed by atoms with van der Waals surface area (Å²) in [5.74, 6) is 3.08. The van der Waals surface area contributed by atoms with E-state index in [1.54, 1.807) is 0 Å². The van der Waals surface area contributed by atoms with E-state index in [0.29, 0.717) is 23.0 Å². The average Bonchev–Trinajstić information content (AvgIpc) is 3.28. The van der Waals surface area contributed by atoms with Gasteiger partial charge in [0.1, 0.15) is 17.5 Å². The van der Waals surface area contributed by atoms with E-state index in [1.807, 2.05) is 18.7 Å². The highest BCUT2D eigenvalue weighted by molar-refractivity contribution is 7.99. The second kappa shape index (κ2) is 5.80. The van der Waals surface area contributed by atoms with Crippen molar-refractivity contribution in [3.8, 4) is 0 Å². The Labute approximate surface area is 125 Å². The smallest absolute Gasteiger partial charge is 0.136 e. The summed E-state index contributed by atoms with van der Waals surface area (Å²) in [5.41, 5.74) is 7.06. The molecule has 2 aliphatic rings. The van der Waals surface area contributed by atoms with Crippen LogP contribution in [0.5, 0.6) is 0 Å². The van der Waals surface area contributed by atoms with E-state index in [4.69, 9.17) is 10.7 Å². The Morgan fingerprint density at radius 1 is 1.15 bits per heavy atom. The summed E-state index contributed by atoms with van der Waals surface area (Å²) in [7, 11) is 0. The van der Waals surface area contributed by atoms with E-state index in [1.165, 1.54) is 38.5 Å². The molecule has 0 saturated heterocycles. The zero-order chi connectivity index (χ0) is 14.1. The van der Waals surface area contributed by atoms with Crippen LogP contribution in [0.1, 0.15) is 55.8 Å². The molecule has 2 aliphatic carbocycles. The highest BCUT2D eigenvalue weighted by Crippen LogP contribution is 2.39. The highest BCUT2D eigenvalue weighted by Gasteiger charge is 2.29. The van der Waals surface area contributed by atoms with Crippen molar-refractivity contribution in [2.75, 3.05) is 17.3 Å². The number of hydrogen-bond donors (Lipinski definition) is 2. The number of anilines is 2. The number of hydrogen-bond acceptors (Lipinski definition) is 5. The Balaban J connectivity index is 1.81. The molecule has 2 saturated carbocycles. The third-order valence-electron chi connectivity index (χ3n) is 4.47. The lowest BCUT2D eigenvalue weighted by molar-refractivity contribution is 0.474. The minimum atomic E-state index is 0.513. The molecule has 0 spiro atoms. The van der Waals surface area contributed by atoms with Crippen LogP contribution in [0.4, 0.5) is 11.6 Å². The molecule has 1 aromatic rings. The maximum atomic E-state index is 6.06. The summed E-state index contributed by atoms with van der Waals surface area (Å²) in [6.45, 7) is 2.02. The van der Waals surface area contributed by atoms with Crippen molar-refractivity contribution in [1.29, 1.82) is 0 Å². The zero-order valence-electron chi connectivity index (χ0n) is 12.4. The topological polar surface area (TPSA) is 63.8 Å². The van der Waals surface area contributed by atoms with E-state index in [2.05, 4.69) is 16.6 Å². The normalized spacial score (nSPS) is 26.5. The quantitative estimate of drug-likeness (QED) is 0.891. The first kappa shape index (κ1) is 14.0. The molecule has 1 aromatic heterocycles. The van der Waals surface area contributed by atoms with E-state index in [9.17, 15) is 0 Å². The third-order valence-corrected chi connectivity index (χ3v) is 5.64. The Morgan fingerprint density at radius 2 is 1.90 bits per heavy atom. The van der Waals surface area contributed by atoms with Crippen LogP contribution < -0.4 is 11.1 Å². The molecule has 20 heavy (non-hydrogen) atoms. The Morgan fingerprint density at radius 3 is 2.60 bits per heavy atom. The largest absolute Gasteiger partial charge is 0.383 e. The van der Waals surface area contributed by atoms with Crippen LogP contribution in [0.15, 0.2) is 0 Å². The maximum absolute atomic E-state index is 6.06. The van der Waals surface area contributed by atoms with Crippen molar-refractivity contribution in [3.63, 3.8) is 0 Å². The second-order valence-corrected chi connectivity index (χ2v) is 7.10. The molecule has 2 fully saturated rings. The van der Waals surface area contributed by atoms with Crippen LogP contribution in [-0.4, -0.2) is 27.5 Å². The summed E-state index contributed by atoms with van der Waals surface area (Å²) in [5, 5.41) is 4.35. The van der Waals surface area contributed by atoms with Crippen LogP contribution in [0, 0.1) is 6.92 Å². The van der Waals surface area contributed by atoms with Gasteiger partial charge < -0.3 is 11.1 Å². The molecule has 3 N–H and O–H groups in total. The van der Waals surface area contributed by atoms with Gasteiger partial charge in [-0.2, -0.15) is 11.8 Å². The van der Waals surface area contributed by atoms with Crippen LogP contribution in [-0.2, 0) is 0 Å². The number of rotatable bonds is 4. The van der Waals surface area contributed by atoms with Gasteiger partial charge in [0.2, 0.25) is 0 Å². The molecule has 0 radical (unpaired) electrons. The number of nitrogens with two attached hydrogens (primary N) is 1. The second-order valence-electron chi connectivity index (χ2n) is 6.02. The lowest BCUT2D eigenvalue weighted by Gasteiger charge is -2.31. The van der Waals surface area contributed by atoms with Gasteiger partial charge in [-0.1, -0.05) is 12.8 Å². The highest BCUT2D eigenvalue weighted by atomic mass is 32.2. The van der Waals surface area contributed by atoms with Crippen LogP contribution >= 0.6 is 11.8 Å². The Bertz CT molecular complexity index is 487. The molecule has 0 bridgehead atoms. The first-order chi connectivity index (χ1) is 9.69. The van der Waals surface area contributed by atoms with Gasteiger partial charge >= 0.3 is 0 Å². The lowest BCUT2D eigenvalue weighted by Crippen LogP contribution is -2.35. The molecular formula is C15H24N4S. The predicted octanol–water partition coefficient (Wildman–Crippen LogP) is 3.33. The standard InChI is InChI=1S/C15H24N4S/c1-9-13(16)18-15(10-7-8-10)19-14(9)17-11-5-3-4-6-12(11)20-2/h10-12H,3-8H2,1-2H3,(H3,16,17,18,19). The SMILES string of the molecule is CSC1CCCCC1Nc1nc(C2CC2)nc(N)c1C. The van der Waals surface area contributed by atoms with Crippen molar-refractivity contribution in [1.82, 2.24) is 9.97 Å². The summed E-state index contributed by atoms with van der Waals surface area (Å²) in [6, 6.07) is 0.513. The first-order valence-electron chi connectivity index (χ1n) is 7.62. The number of aromatic nitrogens is 2. The first-order valence-corrected chi connectivity index (χ1v) is 8.91. The molecule has 4 nitrogen and oxygen atoms in total. The van der Waals surface area contributed by atoms with Gasteiger partial charge in [0.25, 0.3) is 0 Å². The van der Waals surface area contributed by atoms with Gasteiger partial charge in [0, 0.05) is 22.8 Å². The molecule has 0 amide bonds. The third kappa shape index (κ3) is 2.87. The van der Waals surface area contributed by atoms with E-state index in [-0.39, 0.29) is 0 Å². The van der Waals surface area contributed by atoms with Crippen molar-refractivity contribution < 1.29 is 0 Å². The molecule has 110 valence electrons. The monoisotopic (exact) mass is 292 g/mol. The molecule has 3 rings (SSSR count).